The maximum atomic E-state index is 13.4. The molecule has 20 heavy (non-hydrogen) atoms. The molecule has 0 aliphatic rings. The number of carbonyl (C=O) groups is 1. The first-order chi connectivity index (χ1) is 9.52. The van der Waals surface area contributed by atoms with Crippen molar-refractivity contribution in [2.24, 2.45) is 0 Å². The molecule has 6 heteroatoms. The van der Waals surface area contributed by atoms with Crippen LogP contribution in [-0.4, -0.2) is 13.1 Å². The van der Waals surface area contributed by atoms with Crippen LogP contribution in [0.5, 0.6) is 0 Å². The van der Waals surface area contributed by atoms with Crippen LogP contribution in [0.2, 0.25) is 0 Å². The van der Waals surface area contributed by atoms with Crippen LogP contribution in [-0.2, 0) is 4.74 Å². The number of carbonyl (C=O) groups excluding carboxylic acids is 1. The zero-order chi connectivity index (χ0) is 14.7. The highest BCUT2D eigenvalue weighted by molar-refractivity contribution is 9.10. The van der Waals surface area contributed by atoms with E-state index in [1.165, 1.54) is 25.3 Å². The Hall–Kier alpha value is -1.40. The Bertz CT molecular complexity index is 629. The molecule has 0 amide bonds. The number of benzene rings is 1. The van der Waals surface area contributed by atoms with E-state index in [2.05, 4.69) is 21.2 Å². The lowest BCUT2D eigenvalue weighted by Crippen LogP contribution is -2.11. The van der Waals surface area contributed by atoms with Gasteiger partial charge in [0.05, 0.1) is 24.4 Å². The van der Waals surface area contributed by atoms with Gasteiger partial charge in [-0.15, -0.1) is 11.3 Å². The molecule has 0 radical (unpaired) electrons. The van der Waals surface area contributed by atoms with E-state index in [1.54, 1.807) is 11.3 Å². The first kappa shape index (κ1) is 15.0. The predicted molar refractivity (Wildman–Crippen MR) is 81.8 cm³/mol. The van der Waals surface area contributed by atoms with Crippen LogP contribution in [0.15, 0.2) is 34.1 Å². The van der Waals surface area contributed by atoms with Crippen LogP contribution in [0, 0.1) is 5.82 Å². The quantitative estimate of drug-likeness (QED) is 0.812. The van der Waals surface area contributed by atoms with Gasteiger partial charge >= 0.3 is 5.97 Å². The Balaban J connectivity index is 2.30. The molecule has 3 nitrogen and oxygen atoms in total. The van der Waals surface area contributed by atoms with Gasteiger partial charge in [0.25, 0.3) is 0 Å². The van der Waals surface area contributed by atoms with E-state index in [-0.39, 0.29) is 6.04 Å². The summed E-state index contributed by atoms with van der Waals surface area (Å²) in [7, 11) is 1.30. The molecule has 1 N–H and O–H groups in total. The standard InChI is InChI=1S/C14H13BrFNO2S/c1-8(13-11(15)5-6-20-13)17-12-7-9(16)3-4-10(12)14(18)19-2/h3-8,17H,1-2H3. The topological polar surface area (TPSA) is 38.3 Å². The smallest absolute Gasteiger partial charge is 0.339 e. The summed E-state index contributed by atoms with van der Waals surface area (Å²) in [5, 5.41) is 5.11. The van der Waals surface area contributed by atoms with Gasteiger partial charge in [-0.25, -0.2) is 9.18 Å². The van der Waals surface area contributed by atoms with Crippen molar-refractivity contribution in [3.05, 3.63) is 50.4 Å². The maximum absolute atomic E-state index is 13.4. The molecule has 1 unspecified atom stereocenters. The van der Waals surface area contributed by atoms with E-state index in [4.69, 9.17) is 4.74 Å². The number of rotatable bonds is 4. The normalized spacial score (nSPS) is 12.0. The van der Waals surface area contributed by atoms with Crippen molar-refractivity contribution >= 4 is 38.9 Å². The second-order valence-corrected chi connectivity index (χ2v) is 5.98. The van der Waals surface area contributed by atoms with Crippen molar-refractivity contribution in [1.82, 2.24) is 0 Å². The summed E-state index contributed by atoms with van der Waals surface area (Å²) in [5.74, 6) is -0.900. The highest BCUT2D eigenvalue weighted by Gasteiger charge is 2.17. The summed E-state index contributed by atoms with van der Waals surface area (Å²) in [4.78, 5) is 12.8. The minimum absolute atomic E-state index is 0.0606. The summed E-state index contributed by atoms with van der Waals surface area (Å²) in [5.41, 5.74) is 0.734. The molecular formula is C14H13BrFNO2S. The number of ether oxygens (including phenoxy) is 1. The lowest BCUT2D eigenvalue weighted by molar-refractivity contribution is 0.0601. The minimum atomic E-state index is -0.495. The Morgan fingerprint density at radius 2 is 2.20 bits per heavy atom. The first-order valence-electron chi connectivity index (χ1n) is 5.90. The fourth-order valence-corrected chi connectivity index (χ4v) is 3.56. The number of hydrogen-bond acceptors (Lipinski definition) is 4. The predicted octanol–water partition coefficient (Wildman–Crippen LogP) is 4.61. The maximum Gasteiger partial charge on any atom is 0.339 e. The van der Waals surface area contributed by atoms with Crippen LogP contribution in [0.25, 0.3) is 0 Å². The largest absolute Gasteiger partial charge is 0.465 e. The second-order valence-electron chi connectivity index (χ2n) is 4.18. The fourth-order valence-electron chi connectivity index (χ4n) is 1.84. The van der Waals surface area contributed by atoms with E-state index in [0.717, 1.165) is 9.35 Å². The third-order valence-corrected chi connectivity index (χ3v) is 4.85. The Labute approximate surface area is 128 Å². The van der Waals surface area contributed by atoms with Crippen molar-refractivity contribution in [1.29, 1.82) is 0 Å². The Morgan fingerprint density at radius 1 is 1.45 bits per heavy atom. The monoisotopic (exact) mass is 357 g/mol. The molecule has 2 rings (SSSR count). The van der Waals surface area contributed by atoms with Gasteiger partial charge < -0.3 is 10.1 Å². The first-order valence-corrected chi connectivity index (χ1v) is 7.57. The number of esters is 1. The van der Waals surface area contributed by atoms with Crippen LogP contribution in [0.1, 0.15) is 28.2 Å². The Kier molecular flexibility index (Phi) is 4.77. The van der Waals surface area contributed by atoms with E-state index in [1.807, 2.05) is 18.4 Å². The van der Waals surface area contributed by atoms with Crippen LogP contribution >= 0.6 is 27.3 Å². The lowest BCUT2D eigenvalue weighted by atomic mass is 10.1. The lowest BCUT2D eigenvalue weighted by Gasteiger charge is -2.17. The van der Waals surface area contributed by atoms with Crippen molar-refractivity contribution in [2.75, 3.05) is 12.4 Å². The minimum Gasteiger partial charge on any atom is -0.465 e. The summed E-state index contributed by atoms with van der Waals surface area (Å²) in [6.07, 6.45) is 0. The molecule has 106 valence electrons. The summed E-state index contributed by atoms with van der Waals surface area (Å²) in [6, 6.07) is 5.84. The molecule has 0 aliphatic carbocycles. The van der Waals surface area contributed by atoms with Gasteiger partial charge in [0.2, 0.25) is 0 Å². The van der Waals surface area contributed by atoms with Gasteiger partial charge in [0.15, 0.2) is 0 Å². The van der Waals surface area contributed by atoms with Gasteiger partial charge in [0.1, 0.15) is 5.82 Å². The van der Waals surface area contributed by atoms with Crippen LogP contribution in [0.4, 0.5) is 10.1 Å². The van der Waals surface area contributed by atoms with Crippen molar-refractivity contribution in [3.8, 4) is 0 Å². The Morgan fingerprint density at radius 3 is 2.80 bits per heavy atom. The van der Waals surface area contributed by atoms with Crippen LogP contribution < -0.4 is 5.32 Å². The van der Waals surface area contributed by atoms with E-state index in [9.17, 15) is 9.18 Å². The highest BCUT2D eigenvalue weighted by atomic mass is 79.9. The average Bonchev–Trinajstić information content (AvgIpc) is 2.84. The van der Waals surface area contributed by atoms with Crippen molar-refractivity contribution in [3.63, 3.8) is 0 Å². The molecule has 1 atom stereocenters. The summed E-state index contributed by atoms with van der Waals surface area (Å²) in [6.45, 7) is 1.95. The number of anilines is 1. The fraction of sp³-hybridized carbons (Fsp3) is 0.214. The van der Waals surface area contributed by atoms with E-state index in [0.29, 0.717) is 11.3 Å². The number of nitrogens with one attached hydrogen (secondary N) is 1. The molecule has 1 aromatic carbocycles. The SMILES string of the molecule is COC(=O)c1ccc(F)cc1NC(C)c1sccc1Br. The molecule has 0 saturated heterocycles. The molecule has 0 fully saturated rings. The third kappa shape index (κ3) is 3.19. The highest BCUT2D eigenvalue weighted by Crippen LogP contribution is 2.32. The number of hydrogen-bond donors (Lipinski definition) is 1. The third-order valence-electron chi connectivity index (χ3n) is 2.80. The molecule has 1 heterocycles. The number of methoxy groups -OCH3 is 1. The van der Waals surface area contributed by atoms with Gasteiger partial charge in [0, 0.05) is 9.35 Å². The molecule has 0 saturated carbocycles. The molecule has 0 bridgehead atoms. The van der Waals surface area contributed by atoms with Crippen molar-refractivity contribution in [2.45, 2.75) is 13.0 Å². The zero-order valence-electron chi connectivity index (χ0n) is 10.9. The summed E-state index contributed by atoms with van der Waals surface area (Å²) >= 11 is 5.04. The zero-order valence-corrected chi connectivity index (χ0v) is 13.3. The van der Waals surface area contributed by atoms with Crippen LogP contribution in [0.3, 0.4) is 0 Å². The molecule has 2 aromatic rings. The second kappa shape index (κ2) is 6.37. The van der Waals surface area contributed by atoms with E-state index >= 15 is 0 Å². The van der Waals surface area contributed by atoms with Crippen molar-refractivity contribution < 1.29 is 13.9 Å². The molecular weight excluding hydrogens is 345 g/mol. The van der Waals surface area contributed by atoms with Gasteiger partial charge in [-0.2, -0.15) is 0 Å². The number of thiophene rings is 1. The molecule has 1 aromatic heterocycles. The molecule has 0 aliphatic heterocycles. The van der Waals surface area contributed by atoms with Gasteiger partial charge in [-0.1, -0.05) is 0 Å². The van der Waals surface area contributed by atoms with E-state index < -0.39 is 11.8 Å². The number of halogens is 2. The average molecular weight is 358 g/mol. The van der Waals surface area contributed by atoms with Gasteiger partial charge in [-0.05, 0) is 52.5 Å². The molecule has 0 spiro atoms. The van der Waals surface area contributed by atoms with Gasteiger partial charge in [-0.3, -0.25) is 0 Å². The summed E-state index contributed by atoms with van der Waals surface area (Å²) < 4.78 is 19.1.